The summed E-state index contributed by atoms with van der Waals surface area (Å²) in [5, 5.41) is 0. The molecule has 2 heterocycles. The van der Waals surface area contributed by atoms with Crippen LogP contribution in [0, 0.1) is 5.82 Å². The Kier molecular flexibility index (Phi) is 5.67. The van der Waals surface area contributed by atoms with E-state index in [0.29, 0.717) is 6.42 Å². The van der Waals surface area contributed by atoms with E-state index in [1.807, 2.05) is 6.92 Å². The largest absolute Gasteiger partial charge is 0.339 e. The van der Waals surface area contributed by atoms with Crippen LogP contribution in [0.1, 0.15) is 31.4 Å². The minimum atomic E-state index is -0.450. The number of hydrogen-bond donors (Lipinski definition) is 0. The molecule has 29 heavy (non-hydrogen) atoms. The average Bonchev–Trinajstić information content (AvgIpc) is 3.14. The Morgan fingerprint density at radius 3 is 2.45 bits per heavy atom. The molecule has 0 bridgehead atoms. The zero-order chi connectivity index (χ0) is 21.3. The number of amides is 1. The summed E-state index contributed by atoms with van der Waals surface area (Å²) in [6.45, 7) is 2.22. The van der Waals surface area contributed by atoms with Gasteiger partial charge in [0.15, 0.2) is 11.2 Å². The van der Waals surface area contributed by atoms with Gasteiger partial charge in [0.1, 0.15) is 5.82 Å². The number of aryl methyl sites for hydroxylation is 2. The van der Waals surface area contributed by atoms with Crippen LogP contribution >= 0.6 is 0 Å². The van der Waals surface area contributed by atoms with Crippen molar-refractivity contribution in [3.8, 4) is 0 Å². The number of carbonyl (C=O) groups excluding carboxylic acids is 1. The van der Waals surface area contributed by atoms with Crippen molar-refractivity contribution in [3.63, 3.8) is 0 Å². The molecule has 0 saturated carbocycles. The first-order valence-electron chi connectivity index (χ1n) is 9.38. The van der Waals surface area contributed by atoms with E-state index in [-0.39, 0.29) is 41.9 Å². The molecule has 1 amide bonds. The van der Waals surface area contributed by atoms with Gasteiger partial charge in [-0.1, -0.05) is 19.1 Å². The number of halogens is 1. The topological polar surface area (TPSA) is 82.1 Å². The molecule has 0 N–H and O–H groups in total. The maximum atomic E-state index is 13.2. The predicted octanol–water partition coefficient (Wildman–Crippen LogP) is 1.57. The van der Waals surface area contributed by atoms with Gasteiger partial charge >= 0.3 is 5.69 Å². The van der Waals surface area contributed by atoms with E-state index in [1.165, 1.54) is 30.1 Å². The number of carbonyl (C=O) groups is 1. The highest BCUT2D eigenvalue weighted by molar-refractivity contribution is 5.77. The molecule has 0 aliphatic rings. The highest BCUT2D eigenvalue weighted by atomic mass is 19.1. The van der Waals surface area contributed by atoms with Gasteiger partial charge in [-0.15, -0.1) is 0 Å². The fraction of sp³-hybridized carbons (Fsp3) is 0.400. The van der Waals surface area contributed by atoms with E-state index in [9.17, 15) is 18.8 Å². The Labute approximate surface area is 166 Å². The maximum Gasteiger partial charge on any atom is 0.332 e. The van der Waals surface area contributed by atoms with E-state index in [4.69, 9.17) is 0 Å². The number of hydrogen-bond acceptors (Lipinski definition) is 4. The molecule has 0 aliphatic heterocycles. The molecule has 3 aromatic rings. The quantitative estimate of drug-likeness (QED) is 0.628. The normalized spacial score (nSPS) is 12.3. The van der Waals surface area contributed by atoms with Gasteiger partial charge in [-0.05, 0) is 24.1 Å². The van der Waals surface area contributed by atoms with Crippen molar-refractivity contribution < 1.29 is 9.18 Å². The lowest BCUT2D eigenvalue weighted by molar-refractivity contribution is -0.132. The summed E-state index contributed by atoms with van der Waals surface area (Å²) in [7, 11) is 4.68. The van der Waals surface area contributed by atoms with Crippen LogP contribution in [0.15, 0.2) is 40.2 Å². The van der Waals surface area contributed by atoms with Gasteiger partial charge in [-0.2, -0.15) is 0 Å². The molecule has 1 aromatic carbocycles. The van der Waals surface area contributed by atoms with Gasteiger partial charge in [-0.25, -0.2) is 14.2 Å². The molecule has 0 radical (unpaired) electrons. The van der Waals surface area contributed by atoms with Crippen LogP contribution < -0.4 is 11.2 Å². The van der Waals surface area contributed by atoms with Crippen LogP contribution in [0.3, 0.4) is 0 Å². The first-order chi connectivity index (χ1) is 13.8. The Bertz CT molecular complexity index is 1160. The second-order valence-corrected chi connectivity index (χ2v) is 7.05. The molecular weight excluding hydrogens is 377 g/mol. The van der Waals surface area contributed by atoms with Gasteiger partial charge in [0, 0.05) is 34.1 Å². The molecule has 154 valence electrons. The van der Waals surface area contributed by atoms with Gasteiger partial charge in [-0.3, -0.25) is 18.7 Å². The number of aromatic nitrogens is 4. The molecular formula is C20H24FN5O3. The van der Waals surface area contributed by atoms with Crippen molar-refractivity contribution in [2.24, 2.45) is 14.1 Å². The summed E-state index contributed by atoms with van der Waals surface area (Å²) in [6.07, 6.45) is 2.31. The molecule has 8 nitrogen and oxygen atoms in total. The second-order valence-electron chi connectivity index (χ2n) is 7.05. The summed E-state index contributed by atoms with van der Waals surface area (Å²) in [5.41, 5.74) is 0.543. The fourth-order valence-electron chi connectivity index (χ4n) is 3.55. The van der Waals surface area contributed by atoms with Crippen molar-refractivity contribution in [1.82, 2.24) is 23.6 Å². The minimum absolute atomic E-state index is 0.107. The number of fused-ring (bicyclic) bond motifs is 1. The van der Waals surface area contributed by atoms with Crippen LogP contribution in [0.2, 0.25) is 0 Å². The number of rotatable bonds is 6. The third kappa shape index (κ3) is 3.72. The Hall–Kier alpha value is -3.23. The van der Waals surface area contributed by atoms with E-state index in [0.717, 1.165) is 10.1 Å². The summed E-state index contributed by atoms with van der Waals surface area (Å²) in [4.78, 5) is 43.1. The number of imidazole rings is 1. The van der Waals surface area contributed by atoms with Crippen LogP contribution in [0.4, 0.5) is 4.39 Å². The van der Waals surface area contributed by atoms with Crippen molar-refractivity contribution in [1.29, 1.82) is 0 Å². The average molecular weight is 401 g/mol. The van der Waals surface area contributed by atoms with E-state index < -0.39 is 11.2 Å². The SMILES string of the molecule is CC[C@@H](c1ccc(F)cc1)N(C)C(=O)CCn1cnc2c1c(=O)n(C)c(=O)n2C. The standard InChI is InChI=1S/C20H24FN5O3/c1-5-15(13-6-8-14(21)9-7-13)23(2)16(27)10-11-26-12-22-18-17(26)19(28)25(4)20(29)24(18)3/h6-9,12,15H,5,10-11H2,1-4H3/t15-/m0/s1. The molecule has 0 fully saturated rings. The Morgan fingerprint density at radius 2 is 1.83 bits per heavy atom. The van der Waals surface area contributed by atoms with E-state index in [1.54, 1.807) is 35.7 Å². The van der Waals surface area contributed by atoms with Crippen LogP contribution in [0.5, 0.6) is 0 Å². The van der Waals surface area contributed by atoms with Crippen LogP contribution in [-0.4, -0.2) is 36.5 Å². The lowest BCUT2D eigenvalue weighted by Gasteiger charge is -2.28. The van der Waals surface area contributed by atoms with E-state index >= 15 is 0 Å². The smallest absolute Gasteiger partial charge is 0.332 e. The zero-order valence-electron chi connectivity index (χ0n) is 16.9. The highest BCUT2D eigenvalue weighted by Crippen LogP contribution is 2.24. The molecule has 0 spiro atoms. The van der Waals surface area contributed by atoms with Gasteiger partial charge < -0.3 is 9.47 Å². The first-order valence-corrected chi connectivity index (χ1v) is 9.38. The number of nitrogens with zero attached hydrogens (tertiary/aromatic N) is 5. The molecule has 1 atom stereocenters. The van der Waals surface area contributed by atoms with Gasteiger partial charge in [0.25, 0.3) is 5.56 Å². The maximum absolute atomic E-state index is 13.2. The molecule has 2 aromatic heterocycles. The number of benzene rings is 1. The lowest BCUT2D eigenvalue weighted by Crippen LogP contribution is -2.37. The van der Waals surface area contributed by atoms with Crippen molar-refractivity contribution in [2.75, 3.05) is 7.05 Å². The fourth-order valence-corrected chi connectivity index (χ4v) is 3.55. The zero-order valence-corrected chi connectivity index (χ0v) is 16.9. The minimum Gasteiger partial charge on any atom is -0.339 e. The van der Waals surface area contributed by atoms with Crippen molar-refractivity contribution in [3.05, 3.63) is 62.8 Å². The van der Waals surface area contributed by atoms with E-state index in [2.05, 4.69) is 4.98 Å². The van der Waals surface area contributed by atoms with Crippen molar-refractivity contribution in [2.45, 2.75) is 32.4 Å². The van der Waals surface area contributed by atoms with Gasteiger partial charge in [0.2, 0.25) is 5.91 Å². The third-order valence-corrected chi connectivity index (χ3v) is 5.29. The summed E-state index contributed by atoms with van der Waals surface area (Å²) >= 11 is 0. The lowest BCUT2D eigenvalue weighted by atomic mass is 10.0. The Morgan fingerprint density at radius 1 is 1.17 bits per heavy atom. The predicted molar refractivity (Wildman–Crippen MR) is 107 cm³/mol. The molecule has 0 saturated heterocycles. The first kappa shape index (κ1) is 20.5. The monoisotopic (exact) mass is 401 g/mol. The van der Waals surface area contributed by atoms with Crippen LogP contribution in [-0.2, 0) is 25.4 Å². The molecule has 3 rings (SSSR count). The molecule has 0 unspecified atom stereocenters. The summed E-state index contributed by atoms with van der Waals surface area (Å²) < 4.78 is 17.1. The van der Waals surface area contributed by atoms with Crippen molar-refractivity contribution >= 4 is 17.1 Å². The molecule has 9 heteroatoms. The highest BCUT2D eigenvalue weighted by Gasteiger charge is 2.21. The Balaban J connectivity index is 1.81. The van der Waals surface area contributed by atoms with Gasteiger partial charge in [0.05, 0.1) is 12.4 Å². The molecule has 0 aliphatic carbocycles. The summed E-state index contributed by atoms with van der Waals surface area (Å²) in [6, 6.07) is 5.96. The second kappa shape index (κ2) is 8.02. The third-order valence-electron chi connectivity index (χ3n) is 5.29. The summed E-state index contributed by atoms with van der Waals surface area (Å²) in [5.74, 6) is -0.426. The van der Waals surface area contributed by atoms with Crippen LogP contribution in [0.25, 0.3) is 11.2 Å².